The third kappa shape index (κ3) is 7.94. The molecule has 6 nitrogen and oxygen atoms in total. The van der Waals surface area contributed by atoms with Crippen molar-refractivity contribution in [3.8, 4) is 0 Å². The van der Waals surface area contributed by atoms with Crippen molar-refractivity contribution < 1.29 is 23.5 Å². The zero-order valence-corrected chi connectivity index (χ0v) is 11.9. The van der Waals surface area contributed by atoms with Crippen LogP contribution in [0.3, 0.4) is 0 Å². The van der Waals surface area contributed by atoms with Crippen LogP contribution in [0.1, 0.15) is 6.92 Å². The molecule has 0 amide bonds. The molecule has 1 aromatic rings. The summed E-state index contributed by atoms with van der Waals surface area (Å²) in [5.74, 6) is 0. The molecule has 0 aliphatic carbocycles. The lowest BCUT2D eigenvalue weighted by atomic mass is 10.7. The molecule has 0 bridgehead atoms. The third-order valence-corrected chi connectivity index (χ3v) is 2.53. The Hall–Kier alpha value is -0.950. The molecule has 0 aliphatic heterocycles. The molecule has 19 heavy (non-hydrogen) atoms. The average Bonchev–Trinajstić information content (AvgIpc) is 2.89. The van der Waals surface area contributed by atoms with E-state index in [0.717, 1.165) is 6.54 Å². The van der Waals surface area contributed by atoms with E-state index < -0.39 is 0 Å². The highest BCUT2D eigenvalue weighted by molar-refractivity contribution is 4.64. The van der Waals surface area contributed by atoms with Crippen LogP contribution >= 0.6 is 0 Å². The van der Waals surface area contributed by atoms with Gasteiger partial charge in [-0.1, -0.05) is 0 Å². The fourth-order valence-corrected chi connectivity index (χ4v) is 1.45. The second-order valence-electron chi connectivity index (χ2n) is 4.01. The first kappa shape index (κ1) is 16.1. The van der Waals surface area contributed by atoms with Gasteiger partial charge >= 0.3 is 0 Å². The van der Waals surface area contributed by atoms with Gasteiger partial charge in [-0.25, -0.2) is 9.13 Å². The van der Waals surface area contributed by atoms with Crippen LogP contribution in [0.4, 0.5) is 0 Å². The highest BCUT2D eigenvalue weighted by Crippen LogP contribution is 1.85. The minimum atomic E-state index is 0.556. The summed E-state index contributed by atoms with van der Waals surface area (Å²) in [7, 11) is 1.66. The van der Waals surface area contributed by atoms with Gasteiger partial charge in [-0.3, -0.25) is 0 Å². The molecule has 0 unspecified atom stereocenters. The first-order valence-electron chi connectivity index (χ1n) is 6.63. The third-order valence-electron chi connectivity index (χ3n) is 2.53. The lowest BCUT2D eigenvalue weighted by molar-refractivity contribution is -0.732. The van der Waals surface area contributed by atoms with Gasteiger partial charge in [0.25, 0.3) is 0 Å². The van der Waals surface area contributed by atoms with Crippen LogP contribution in [-0.4, -0.2) is 51.3 Å². The van der Waals surface area contributed by atoms with Crippen molar-refractivity contribution in [3.05, 3.63) is 18.7 Å². The Balaban J connectivity index is 1.86. The van der Waals surface area contributed by atoms with E-state index in [2.05, 4.69) is 11.5 Å². The van der Waals surface area contributed by atoms with Gasteiger partial charge in [0.2, 0.25) is 6.33 Å². The van der Waals surface area contributed by atoms with E-state index in [1.54, 1.807) is 7.11 Å². The Bertz CT molecular complexity index is 317. The van der Waals surface area contributed by atoms with Crippen molar-refractivity contribution >= 4 is 0 Å². The van der Waals surface area contributed by atoms with Crippen molar-refractivity contribution in [3.63, 3.8) is 0 Å². The maximum atomic E-state index is 5.49. The zero-order valence-electron chi connectivity index (χ0n) is 11.9. The van der Waals surface area contributed by atoms with Gasteiger partial charge in [-0.15, -0.1) is 0 Å². The SMILES string of the molecule is CCn1cc[n+](COCCOCCOCCOC)c1. The van der Waals surface area contributed by atoms with Gasteiger partial charge in [-0.05, 0) is 6.92 Å². The topological polar surface area (TPSA) is 45.7 Å². The van der Waals surface area contributed by atoms with E-state index >= 15 is 0 Å². The van der Waals surface area contributed by atoms with Crippen molar-refractivity contribution in [2.75, 3.05) is 46.8 Å². The summed E-state index contributed by atoms with van der Waals surface area (Å²) in [4.78, 5) is 0. The lowest BCUT2D eigenvalue weighted by Crippen LogP contribution is -2.33. The number of ether oxygens (including phenoxy) is 4. The van der Waals surface area contributed by atoms with Crippen molar-refractivity contribution in [2.45, 2.75) is 20.2 Å². The molecule has 110 valence electrons. The molecule has 0 radical (unpaired) electrons. The Labute approximate surface area is 114 Å². The van der Waals surface area contributed by atoms with E-state index in [1.807, 2.05) is 23.3 Å². The van der Waals surface area contributed by atoms with Gasteiger partial charge < -0.3 is 18.9 Å². The quantitative estimate of drug-likeness (QED) is 0.410. The summed E-state index contributed by atoms with van der Waals surface area (Å²) in [6.45, 7) is 7.22. The van der Waals surface area contributed by atoms with E-state index in [0.29, 0.717) is 46.4 Å². The highest BCUT2D eigenvalue weighted by Gasteiger charge is 2.00. The minimum Gasteiger partial charge on any atom is -0.382 e. The number of hydrogen-bond donors (Lipinski definition) is 0. The summed E-state index contributed by atoms with van der Waals surface area (Å²) in [5, 5.41) is 0. The molecule has 0 fully saturated rings. The summed E-state index contributed by atoms with van der Waals surface area (Å²) in [5.41, 5.74) is 0. The van der Waals surface area contributed by atoms with E-state index in [-0.39, 0.29) is 0 Å². The lowest BCUT2D eigenvalue weighted by Gasteiger charge is -2.05. The molecule has 0 saturated heterocycles. The Kier molecular flexibility index (Phi) is 9.26. The normalized spacial score (nSPS) is 11.1. The summed E-state index contributed by atoms with van der Waals surface area (Å²) >= 11 is 0. The zero-order chi connectivity index (χ0) is 13.8. The number of aryl methyl sites for hydroxylation is 1. The smallest absolute Gasteiger partial charge is 0.245 e. The Morgan fingerprint density at radius 2 is 1.58 bits per heavy atom. The highest BCUT2D eigenvalue weighted by atomic mass is 16.6. The molecule has 1 rings (SSSR count). The second-order valence-corrected chi connectivity index (χ2v) is 4.01. The van der Waals surface area contributed by atoms with E-state index in [9.17, 15) is 0 Å². The number of aromatic nitrogens is 2. The van der Waals surface area contributed by atoms with Crippen LogP contribution in [-0.2, 0) is 32.2 Å². The van der Waals surface area contributed by atoms with Crippen LogP contribution in [0.15, 0.2) is 18.7 Å². The van der Waals surface area contributed by atoms with Crippen molar-refractivity contribution in [1.82, 2.24) is 4.57 Å². The fraction of sp³-hybridized carbons (Fsp3) is 0.769. The molecular formula is C13H25N2O4+. The van der Waals surface area contributed by atoms with Crippen LogP contribution in [0.25, 0.3) is 0 Å². The summed E-state index contributed by atoms with van der Waals surface area (Å²) in [6.07, 6.45) is 6.04. The van der Waals surface area contributed by atoms with Gasteiger partial charge in [0.15, 0.2) is 6.73 Å². The molecular weight excluding hydrogens is 248 g/mol. The van der Waals surface area contributed by atoms with E-state index in [1.165, 1.54) is 0 Å². The number of hydrogen-bond acceptors (Lipinski definition) is 4. The van der Waals surface area contributed by atoms with Gasteiger partial charge in [0, 0.05) is 7.11 Å². The predicted octanol–water partition coefficient (Wildman–Crippen LogP) is 0.449. The van der Waals surface area contributed by atoms with Crippen LogP contribution in [0, 0.1) is 0 Å². The van der Waals surface area contributed by atoms with Crippen LogP contribution < -0.4 is 4.57 Å². The second kappa shape index (κ2) is 10.9. The minimum absolute atomic E-state index is 0.556. The standard InChI is InChI=1S/C13H25N2O4/c1-3-14-4-5-15(12-14)13-19-11-10-18-9-8-17-7-6-16-2/h4-5,12H,3,6-11,13H2,1-2H3/q+1. The molecule has 1 aromatic heterocycles. The fourth-order valence-electron chi connectivity index (χ4n) is 1.45. The molecule has 0 atom stereocenters. The molecule has 0 aromatic carbocycles. The monoisotopic (exact) mass is 273 g/mol. The summed E-state index contributed by atoms with van der Waals surface area (Å²) in [6, 6.07) is 0. The first-order chi connectivity index (χ1) is 9.36. The molecule has 6 heteroatoms. The van der Waals surface area contributed by atoms with Crippen LogP contribution in [0.2, 0.25) is 0 Å². The maximum Gasteiger partial charge on any atom is 0.245 e. The van der Waals surface area contributed by atoms with Gasteiger partial charge in [0.1, 0.15) is 12.4 Å². The number of methoxy groups -OCH3 is 1. The van der Waals surface area contributed by atoms with Gasteiger partial charge in [0.05, 0.1) is 46.2 Å². The van der Waals surface area contributed by atoms with Crippen LogP contribution in [0.5, 0.6) is 0 Å². The van der Waals surface area contributed by atoms with E-state index in [4.69, 9.17) is 18.9 Å². The number of rotatable bonds is 12. The number of imidazole rings is 1. The van der Waals surface area contributed by atoms with Crippen molar-refractivity contribution in [2.24, 2.45) is 0 Å². The van der Waals surface area contributed by atoms with Crippen molar-refractivity contribution in [1.29, 1.82) is 0 Å². The summed E-state index contributed by atoms with van der Waals surface area (Å²) < 4.78 is 25.1. The largest absolute Gasteiger partial charge is 0.382 e. The molecule has 1 heterocycles. The molecule has 0 saturated carbocycles. The maximum absolute atomic E-state index is 5.49. The first-order valence-corrected chi connectivity index (χ1v) is 6.63. The Morgan fingerprint density at radius 1 is 0.947 bits per heavy atom. The van der Waals surface area contributed by atoms with Gasteiger partial charge in [-0.2, -0.15) is 0 Å². The number of nitrogens with zero attached hydrogens (tertiary/aromatic N) is 2. The molecule has 0 spiro atoms. The Morgan fingerprint density at radius 3 is 2.16 bits per heavy atom. The molecule has 0 aliphatic rings. The molecule has 0 N–H and O–H groups in total. The average molecular weight is 273 g/mol. The predicted molar refractivity (Wildman–Crippen MR) is 69.8 cm³/mol.